The van der Waals surface area contributed by atoms with Crippen molar-refractivity contribution >= 4 is 38.9 Å². The van der Waals surface area contributed by atoms with Crippen LogP contribution in [-0.4, -0.2) is 25.8 Å². The minimum absolute atomic E-state index is 0.0119. The van der Waals surface area contributed by atoms with Gasteiger partial charge in [-0.3, -0.25) is 0 Å². The number of nitrogens with one attached hydrogen (secondary N) is 1. The average Bonchev–Trinajstić information content (AvgIpc) is 3.25. The van der Waals surface area contributed by atoms with Crippen LogP contribution in [0, 0.1) is 5.92 Å². The van der Waals surface area contributed by atoms with E-state index in [4.69, 9.17) is 23.2 Å². The molecular formula is C24H28Cl2N2O2S. The normalized spacial score (nSPS) is 22.3. The van der Waals surface area contributed by atoms with Gasteiger partial charge in [0.1, 0.15) is 0 Å². The van der Waals surface area contributed by atoms with Gasteiger partial charge in [-0.15, -0.1) is 0 Å². The largest absolute Gasteiger partial charge is 0.378 e. The molecule has 4 nitrogen and oxygen atoms in total. The second-order valence-electron chi connectivity index (χ2n) is 8.27. The van der Waals surface area contributed by atoms with E-state index < -0.39 is 10.0 Å². The summed E-state index contributed by atoms with van der Waals surface area (Å²) in [6.07, 6.45) is 6.86. The smallest absolute Gasteiger partial charge is 0.243 e. The zero-order chi connectivity index (χ0) is 22.2. The van der Waals surface area contributed by atoms with Gasteiger partial charge in [-0.25, -0.2) is 8.42 Å². The van der Waals surface area contributed by atoms with E-state index >= 15 is 0 Å². The Morgan fingerprint density at radius 1 is 1.06 bits per heavy atom. The lowest BCUT2D eigenvalue weighted by molar-refractivity contribution is 0.409. The van der Waals surface area contributed by atoms with Crippen LogP contribution in [0.25, 0.3) is 0 Å². The van der Waals surface area contributed by atoms with E-state index in [1.807, 2.05) is 38.1 Å². The molecule has 166 valence electrons. The number of hydrogen-bond acceptors (Lipinski definition) is 3. The molecule has 7 heteroatoms. The highest BCUT2D eigenvalue weighted by atomic mass is 35.5. The lowest BCUT2D eigenvalue weighted by atomic mass is 9.77. The molecule has 0 saturated carbocycles. The fraction of sp³-hybridized carbons (Fsp3) is 0.417. The van der Waals surface area contributed by atoms with E-state index in [2.05, 4.69) is 17.5 Å². The van der Waals surface area contributed by atoms with E-state index in [1.54, 1.807) is 16.4 Å². The Balaban J connectivity index is 1.73. The molecule has 4 rings (SSSR count). The van der Waals surface area contributed by atoms with Crippen molar-refractivity contribution in [3.63, 3.8) is 0 Å². The minimum Gasteiger partial charge on any atom is -0.378 e. The van der Waals surface area contributed by atoms with Gasteiger partial charge in [-0.2, -0.15) is 4.31 Å². The predicted molar refractivity (Wildman–Crippen MR) is 129 cm³/mol. The third kappa shape index (κ3) is 4.13. The minimum atomic E-state index is -3.52. The summed E-state index contributed by atoms with van der Waals surface area (Å²) >= 11 is 12.8. The standard InChI is InChI=1S/C24H28Cl2N2O2S/c1-3-13-28(14-4-2)31(29,30)16-11-12-22-20(15-16)17-7-5-8-18(17)24(27-22)19-9-6-10-21(25)23(19)26/h5-7,9-12,15,17-18,24,27H,3-4,8,13-14H2,1-2H3. The summed E-state index contributed by atoms with van der Waals surface area (Å²) in [7, 11) is -3.52. The maximum absolute atomic E-state index is 13.3. The van der Waals surface area contributed by atoms with Crippen molar-refractivity contribution in [2.75, 3.05) is 18.4 Å². The van der Waals surface area contributed by atoms with Crippen LogP contribution in [0.2, 0.25) is 10.0 Å². The van der Waals surface area contributed by atoms with Gasteiger partial charge in [-0.05, 0) is 60.6 Å². The fourth-order valence-corrected chi connectivity index (χ4v) is 6.89. The van der Waals surface area contributed by atoms with Gasteiger partial charge in [0, 0.05) is 24.7 Å². The molecule has 1 aliphatic heterocycles. The SMILES string of the molecule is CCCN(CCC)S(=O)(=O)c1ccc2c(c1)C1C=CCC1C(c1cccc(Cl)c1Cl)N2. The lowest BCUT2D eigenvalue weighted by Crippen LogP contribution is -2.33. The molecule has 1 aliphatic carbocycles. The molecule has 0 fully saturated rings. The Bertz CT molecular complexity index is 1090. The first kappa shape index (κ1) is 22.7. The van der Waals surface area contributed by atoms with Crippen molar-refractivity contribution in [3.8, 4) is 0 Å². The van der Waals surface area contributed by atoms with Crippen LogP contribution in [0.15, 0.2) is 53.4 Å². The molecule has 0 amide bonds. The Morgan fingerprint density at radius 2 is 1.81 bits per heavy atom. The topological polar surface area (TPSA) is 49.4 Å². The number of nitrogens with zero attached hydrogens (tertiary/aromatic N) is 1. The number of rotatable bonds is 7. The van der Waals surface area contributed by atoms with Crippen molar-refractivity contribution in [1.29, 1.82) is 0 Å². The van der Waals surface area contributed by atoms with Crippen molar-refractivity contribution in [2.24, 2.45) is 5.92 Å². The first-order valence-corrected chi connectivity index (χ1v) is 13.1. The van der Waals surface area contributed by atoms with E-state index in [0.29, 0.717) is 28.0 Å². The maximum Gasteiger partial charge on any atom is 0.243 e. The number of fused-ring (bicyclic) bond motifs is 3. The molecule has 3 unspecified atom stereocenters. The van der Waals surface area contributed by atoms with Crippen LogP contribution in [-0.2, 0) is 10.0 Å². The van der Waals surface area contributed by atoms with E-state index in [-0.39, 0.29) is 17.9 Å². The summed E-state index contributed by atoms with van der Waals surface area (Å²) in [4.78, 5) is 0.369. The molecule has 0 spiro atoms. The molecule has 1 heterocycles. The molecule has 2 aliphatic rings. The van der Waals surface area contributed by atoms with Gasteiger partial charge in [0.2, 0.25) is 10.0 Å². The molecule has 2 aromatic carbocycles. The maximum atomic E-state index is 13.3. The summed E-state index contributed by atoms with van der Waals surface area (Å²) in [5.74, 6) is 0.390. The summed E-state index contributed by atoms with van der Waals surface area (Å²) in [5.41, 5.74) is 2.96. The van der Waals surface area contributed by atoms with Crippen LogP contribution in [0.1, 0.15) is 56.2 Å². The number of sulfonamides is 1. The number of anilines is 1. The predicted octanol–water partition coefficient (Wildman–Crippen LogP) is 6.63. The van der Waals surface area contributed by atoms with Crippen molar-refractivity contribution in [3.05, 3.63) is 69.7 Å². The Kier molecular flexibility index (Phi) is 6.68. The average molecular weight is 479 g/mol. The molecule has 31 heavy (non-hydrogen) atoms. The van der Waals surface area contributed by atoms with Gasteiger partial charge < -0.3 is 5.32 Å². The Labute approximate surface area is 195 Å². The first-order valence-electron chi connectivity index (χ1n) is 10.9. The third-order valence-corrected chi connectivity index (χ3v) is 8.96. The summed E-state index contributed by atoms with van der Waals surface area (Å²) in [6, 6.07) is 11.2. The zero-order valence-corrected chi connectivity index (χ0v) is 20.1. The highest BCUT2D eigenvalue weighted by molar-refractivity contribution is 7.89. The number of benzene rings is 2. The monoisotopic (exact) mass is 478 g/mol. The molecule has 0 aromatic heterocycles. The molecular weight excluding hydrogens is 451 g/mol. The van der Waals surface area contributed by atoms with Crippen molar-refractivity contribution in [2.45, 2.75) is 50.0 Å². The van der Waals surface area contributed by atoms with Gasteiger partial charge in [0.15, 0.2) is 0 Å². The van der Waals surface area contributed by atoms with Crippen molar-refractivity contribution in [1.82, 2.24) is 4.31 Å². The van der Waals surface area contributed by atoms with Crippen molar-refractivity contribution < 1.29 is 8.42 Å². The quantitative estimate of drug-likeness (QED) is 0.454. The summed E-state index contributed by atoms with van der Waals surface area (Å²) in [5, 5.41) is 4.74. The Morgan fingerprint density at radius 3 is 2.52 bits per heavy atom. The van der Waals surface area contributed by atoms with E-state index in [0.717, 1.165) is 36.1 Å². The van der Waals surface area contributed by atoms with Gasteiger partial charge in [0.05, 0.1) is 21.0 Å². The molecule has 3 atom stereocenters. The second-order valence-corrected chi connectivity index (χ2v) is 11.0. The first-order chi connectivity index (χ1) is 14.9. The van der Waals surface area contributed by atoms with Crippen LogP contribution in [0.4, 0.5) is 5.69 Å². The Hall–Kier alpha value is -1.53. The van der Waals surface area contributed by atoms with Gasteiger partial charge >= 0.3 is 0 Å². The fourth-order valence-electron chi connectivity index (χ4n) is 4.80. The van der Waals surface area contributed by atoms with Crippen LogP contribution >= 0.6 is 23.2 Å². The number of allylic oxidation sites excluding steroid dienone is 2. The lowest BCUT2D eigenvalue weighted by Gasteiger charge is -2.38. The molecule has 0 bridgehead atoms. The second kappa shape index (κ2) is 9.14. The third-order valence-electron chi connectivity index (χ3n) is 6.23. The van der Waals surface area contributed by atoms with Gasteiger partial charge in [0.25, 0.3) is 0 Å². The van der Waals surface area contributed by atoms with Crippen LogP contribution < -0.4 is 5.32 Å². The van der Waals surface area contributed by atoms with Crippen LogP contribution in [0.5, 0.6) is 0 Å². The van der Waals surface area contributed by atoms with Crippen LogP contribution in [0.3, 0.4) is 0 Å². The van der Waals surface area contributed by atoms with Gasteiger partial charge in [-0.1, -0.05) is 61.3 Å². The number of hydrogen-bond donors (Lipinski definition) is 1. The summed E-state index contributed by atoms with van der Waals surface area (Å²) < 4.78 is 28.2. The van der Waals surface area contributed by atoms with E-state index in [1.165, 1.54) is 0 Å². The summed E-state index contributed by atoms with van der Waals surface area (Å²) in [6.45, 7) is 5.08. The molecule has 2 aromatic rings. The zero-order valence-electron chi connectivity index (χ0n) is 17.8. The molecule has 0 saturated heterocycles. The highest BCUT2D eigenvalue weighted by Gasteiger charge is 2.39. The molecule has 1 N–H and O–H groups in total. The number of halogens is 2. The highest BCUT2D eigenvalue weighted by Crippen LogP contribution is 2.51. The van der Waals surface area contributed by atoms with E-state index in [9.17, 15) is 8.42 Å². The molecule has 0 radical (unpaired) electrons.